The van der Waals surface area contributed by atoms with Crippen molar-refractivity contribution in [2.45, 2.75) is 20.4 Å². The first-order chi connectivity index (χ1) is 12.5. The minimum absolute atomic E-state index is 0.283. The van der Waals surface area contributed by atoms with Gasteiger partial charge in [-0.2, -0.15) is 5.10 Å². The summed E-state index contributed by atoms with van der Waals surface area (Å²) >= 11 is 7.66. The van der Waals surface area contributed by atoms with E-state index in [2.05, 4.69) is 30.2 Å². The number of nitrogens with zero attached hydrogens (tertiary/aromatic N) is 3. The molecule has 0 aromatic carbocycles. The summed E-state index contributed by atoms with van der Waals surface area (Å²) in [5.74, 6) is 3.33. The SMILES string of the molecule is C#CCNc1cc(-c2cnn(CC(C)C)c2-c2ccc(Cl)s2)cc[n+]1[O-]. The molecular weight excluding hydrogens is 368 g/mol. The van der Waals surface area contributed by atoms with E-state index in [0.29, 0.717) is 11.7 Å². The zero-order chi connectivity index (χ0) is 18.7. The van der Waals surface area contributed by atoms with Crippen LogP contribution in [0.2, 0.25) is 4.34 Å². The molecule has 26 heavy (non-hydrogen) atoms. The summed E-state index contributed by atoms with van der Waals surface area (Å²) in [5, 5.41) is 19.5. The van der Waals surface area contributed by atoms with Gasteiger partial charge in [0, 0.05) is 18.2 Å². The van der Waals surface area contributed by atoms with Gasteiger partial charge in [-0.15, -0.1) is 17.8 Å². The molecule has 0 saturated carbocycles. The third-order valence-corrected chi connectivity index (χ3v) is 5.02. The lowest BCUT2D eigenvalue weighted by Gasteiger charge is -2.12. The smallest absolute Gasteiger partial charge is 0.278 e. The third-order valence-electron chi connectivity index (χ3n) is 3.79. The number of pyridine rings is 1. The predicted octanol–water partition coefficient (Wildman–Crippen LogP) is 4.27. The van der Waals surface area contributed by atoms with Gasteiger partial charge in [-0.25, -0.2) is 4.73 Å². The number of hydrogen-bond acceptors (Lipinski definition) is 4. The summed E-state index contributed by atoms with van der Waals surface area (Å²) in [6, 6.07) is 7.45. The highest BCUT2D eigenvalue weighted by Gasteiger charge is 2.18. The summed E-state index contributed by atoms with van der Waals surface area (Å²) in [7, 11) is 0. The average molecular weight is 387 g/mol. The van der Waals surface area contributed by atoms with Crippen molar-refractivity contribution in [3.05, 3.63) is 46.2 Å². The van der Waals surface area contributed by atoms with E-state index in [-0.39, 0.29) is 6.54 Å². The number of thiophene rings is 1. The maximum atomic E-state index is 12.0. The molecule has 0 spiro atoms. The van der Waals surface area contributed by atoms with E-state index in [1.807, 2.05) is 23.0 Å². The highest BCUT2D eigenvalue weighted by Crippen LogP contribution is 2.38. The Balaban J connectivity index is 2.10. The minimum atomic E-state index is 0.283. The number of halogens is 1. The van der Waals surface area contributed by atoms with Crippen molar-refractivity contribution >= 4 is 28.8 Å². The lowest BCUT2D eigenvalue weighted by molar-refractivity contribution is -0.590. The number of hydrogen-bond donors (Lipinski definition) is 1. The van der Waals surface area contributed by atoms with Crippen LogP contribution in [0.25, 0.3) is 21.7 Å². The molecule has 0 unspecified atom stereocenters. The van der Waals surface area contributed by atoms with Crippen molar-refractivity contribution in [2.24, 2.45) is 5.92 Å². The number of anilines is 1. The van der Waals surface area contributed by atoms with Crippen molar-refractivity contribution in [3.8, 4) is 34.0 Å². The monoisotopic (exact) mass is 386 g/mol. The molecule has 0 aliphatic heterocycles. The Labute approximate surface area is 161 Å². The van der Waals surface area contributed by atoms with Crippen molar-refractivity contribution < 1.29 is 4.73 Å². The van der Waals surface area contributed by atoms with Crippen LogP contribution < -0.4 is 10.0 Å². The molecule has 7 heteroatoms. The maximum absolute atomic E-state index is 12.0. The molecule has 0 aliphatic carbocycles. The molecular formula is C19H19ClN4OS. The van der Waals surface area contributed by atoms with E-state index in [1.165, 1.54) is 17.5 Å². The van der Waals surface area contributed by atoms with Gasteiger partial charge >= 0.3 is 0 Å². The minimum Gasteiger partial charge on any atom is -0.711 e. The molecule has 0 radical (unpaired) electrons. The molecule has 0 atom stereocenters. The van der Waals surface area contributed by atoms with Gasteiger partial charge in [0.2, 0.25) is 0 Å². The lowest BCUT2D eigenvalue weighted by atomic mass is 10.1. The van der Waals surface area contributed by atoms with E-state index in [0.717, 1.165) is 37.3 Å². The van der Waals surface area contributed by atoms with Crippen LogP contribution in [-0.4, -0.2) is 16.3 Å². The Kier molecular flexibility index (Phi) is 5.50. The second-order valence-electron chi connectivity index (χ2n) is 6.27. The molecule has 3 rings (SSSR count). The summed E-state index contributed by atoms with van der Waals surface area (Å²) < 4.78 is 3.49. The molecule has 3 heterocycles. The Morgan fingerprint density at radius 2 is 2.23 bits per heavy atom. The Morgan fingerprint density at radius 3 is 2.88 bits per heavy atom. The van der Waals surface area contributed by atoms with Crippen LogP contribution in [0.1, 0.15) is 13.8 Å². The van der Waals surface area contributed by atoms with Crippen molar-refractivity contribution in [1.29, 1.82) is 0 Å². The van der Waals surface area contributed by atoms with Gasteiger partial charge in [0.15, 0.2) is 0 Å². The second-order valence-corrected chi connectivity index (χ2v) is 7.99. The van der Waals surface area contributed by atoms with Gasteiger partial charge in [-0.3, -0.25) is 10.00 Å². The normalized spacial score (nSPS) is 10.9. The topological polar surface area (TPSA) is 56.8 Å². The maximum Gasteiger partial charge on any atom is 0.278 e. The standard InChI is InChI=1S/C19H19ClN4OS/c1-4-8-21-18-10-14(7-9-24(18)25)15-11-22-23(12-13(2)3)19(15)16-5-6-17(20)26-16/h1,5-7,9-11,13,21H,8,12H2,2-3H3. The Hall–Kier alpha value is -2.49. The van der Waals surface area contributed by atoms with Crippen molar-refractivity contribution in [1.82, 2.24) is 9.78 Å². The summed E-state index contributed by atoms with van der Waals surface area (Å²) in [6.45, 7) is 5.38. The molecule has 0 amide bonds. The fraction of sp³-hybridized carbons (Fsp3) is 0.263. The summed E-state index contributed by atoms with van der Waals surface area (Å²) in [6.07, 6.45) is 8.58. The molecule has 0 bridgehead atoms. The second kappa shape index (κ2) is 7.81. The van der Waals surface area contributed by atoms with Gasteiger partial charge < -0.3 is 5.21 Å². The van der Waals surface area contributed by atoms with E-state index in [4.69, 9.17) is 18.0 Å². The Bertz CT molecular complexity index is 955. The quantitative estimate of drug-likeness (QED) is 0.391. The van der Waals surface area contributed by atoms with E-state index in [9.17, 15) is 5.21 Å². The summed E-state index contributed by atoms with van der Waals surface area (Å²) in [5.41, 5.74) is 2.85. The molecule has 134 valence electrons. The van der Waals surface area contributed by atoms with Gasteiger partial charge in [0.25, 0.3) is 5.82 Å². The number of rotatable bonds is 6. The highest BCUT2D eigenvalue weighted by atomic mass is 35.5. The molecule has 1 N–H and O–H groups in total. The molecule has 3 aromatic rings. The molecule has 0 saturated heterocycles. The van der Waals surface area contributed by atoms with Crippen molar-refractivity contribution in [2.75, 3.05) is 11.9 Å². The number of aromatic nitrogens is 3. The van der Waals surface area contributed by atoms with Crippen LogP contribution in [0, 0.1) is 23.5 Å². The number of nitrogens with one attached hydrogen (secondary N) is 1. The van der Waals surface area contributed by atoms with Crippen LogP contribution in [-0.2, 0) is 6.54 Å². The van der Waals surface area contributed by atoms with Gasteiger partial charge in [0.05, 0.1) is 27.3 Å². The van der Waals surface area contributed by atoms with Gasteiger partial charge in [-0.05, 0) is 29.7 Å². The van der Waals surface area contributed by atoms with E-state index in [1.54, 1.807) is 12.1 Å². The third kappa shape index (κ3) is 3.85. The predicted molar refractivity (Wildman–Crippen MR) is 107 cm³/mol. The molecule has 3 aromatic heterocycles. The largest absolute Gasteiger partial charge is 0.711 e. The van der Waals surface area contributed by atoms with Gasteiger partial charge in [-0.1, -0.05) is 31.4 Å². The number of terminal acetylenes is 1. The van der Waals surface area contributed by atoms with Crippen LogP contribution in [0.5, 0.6) is 0 Å². The first-order valence-electron chi connectivity index (χ1n) is 8.22. The van der Waals surface area contributed by atoms with Crippen molar-refractivity contribution in [3.63, 3.8) is 0 Å². The first kappa shape index (κ1) is 18.3. The van der Waals surface area contributed by atoms with E-state index >= 15 is 0 Å². The molecule has 5 nitrogen and oxygen atoms in total. The Morgan fingerprint density at radius 1 is 1.42 bits per heavy atom. The zero-order valence-electron chi connectivity index (χ0n) is 14.6. The lowest BCUT2D eigenvalue weighted by Crippen LogP contribution is -2.30. The zero-order valence-corrected chi connectivity index (χ0v) is 16.1. The van der Waals surface area contributed by atoms with Gasteiger partial charge in [0.1, 0.15) is 6.54 Å². The molecule has 0 fully saturated rings. The molecule has 0 aliphatic rings. The van der Waals surface area contributed by atoms with E-state index < -0.39 is 0 Å². The summed E-state index contributed by atoms with van der Waals surface area (Å²) in [4.78, 5) is 1.04. The fourth-order valence-electron chi connectivity index (χ4n) is 2.71. The first-order valence-corrected chi connectivity index (χ1v) is 9.41. The average Bonchev–Trinajstić information content (AvgIpc) is 3.19. The van der Waals surface area contributed by atoms with Crippen LogP contribution in [0.15, 0.2) is 36.7 Å². The highest BCUT2D eigenvalue weighted by molar-refractivity contribution is 7.19. The van der Waals surface area contributed by atoms with Crippen LogP contribution in [0.4, 0.5) is 5.82 Å². The fourth-order valence-corrected chi connectivity index (χ4v) is 3.81. The van der Waals surface area contributed by atoms with Crippen LogP contribution >= 0.6 is 22.9 Å². The van der Waals surface area contributed by atoms with Crippen LogP contribution in [0.3, 0.4) is 0 Å².